The second-order valence-electron chi connectivity index (χ2n) is 12.7. The van der Waals surface area contributed by atoms with Crippen LogP contribution in [0.15, 0.2) is 91.0 Å². The normalized spacial score (nSPS) is 21.0. The van der Waals surface area contributed by atoms with E-state index in [2.05, 4.69) is 88.4 Å². The predicted molar refractivity (Wildman–Crippen MR) is 165 cm³/mol. The van der Waals surface area contributed by atoms with E-state index in [-0.39, 0.29) is 34.9 Å². The van der Waals surface area contributed by atoms with Crippen molar-refractivity contribution < 1.29 is 18.8 Å². The molecule has 5 nitrogen and oxygen atoms in total. The topological polar surface area (TPSA) is 55.8 Å². The van der Waals surface area contributed by atoms with Gasteiger partial charge >= 0.3 is 5.97 Å². The van der Waals surface area contributed by atoms with Crippen LogP contribution in [0.3, 0.4) is 0 Å². The molecule has 1 aliphatic heterocycles. The number of likely N-dealkylation sites (tertiary alicyclic amines) is 1. The van der Waals surface area contributed by atoms with E-state index in [0.717, 1.165) is 18.4 Å². The van der Waals surface area contributed by atoms with Gasteiger partial charge in [-0.1, -0.05) is 112 Å². The molecule has 1 aliphatic carbocycles. The number of hydrogen-bond acceptors (Lipinski definition) is 4. The highest BCUT2D eigenvalue weighted by Crippen LogP contribution is 2.58. The Morgan fingerprint density at radius 2 is 1.44 bits per heavy atom. The van der Waals surface area contributed by atoms with Crippen LogP contribution >= 0.6 is 0 Å². The molecule has 0 spiro atoms. The van der Waals surface area contributed by atoms with Crippen LogP contribution < -0.4 is 10.4 Å². The fourth-order valence-corrected chi connectivity index (χ4v) is 11.5. The highest BCUT2D eigenvalue weighted by atomic mass is 28.4. The molecule has 2 fully saturated rings. The van der Waals surface area contributed by atoms with Crippen LogP contribution in [0.25, 0.3) is 0 Å². The third-order valence-electron chi connectivity index (χ3n) is 9.31. The van der Waals surface area contributed by atoms with Gasteiger partial charge in [-0.25, -0.2) is 0 Å². The molecule has 2 aliphatic rings. The van der Waals surface area contributed by atoms with E-state index in [9.17, 15) is 9.59 Å². The number of amides is 1. The molecule has 0 aromatic heterocycles. The second kappa shape index (κ2) is 11.6. The molecule has 1 heterocycles. The summed E-state index contributed by atoms with van der Waals surface area (Å²) >= 11 is 0. The van der Waals surface area contributed by atoms with Gasteiger partial charge in [0.05, 0.1) is 12.6 Å². The summed E-state index contributed by atoms with van der Waals surface area (Å²) in [5, 5.41) is 2.32. The van der Waals surface area contributed by atoms with Crippen molar-refractivity contribution >= 4 is 30.6 Å². The molecule has 0 N–H and O–H groups in total. The van der Waals surface area contributed by atoms with Crippen LogP contribution in [0.5, 0.6) is 0 Å². The van der Waals surface area contributed by atoms with E-state index < -0.39 is 20.2 Å². The van der Waals surface area contributed by atoms with Gasteiger partial charge in [-0.05, 0) is 53.1 Å². The maximum absolute atomic E-state index is 13.9. The number of ether oxygens (including phenoxy) is 1. The third-order valence-corrected chi connectivity index (χ3v) is 14.3. The van der Waals surface area contributed by atoms with Crippen molar-refractivity contribution in [3.8, 4) is 0 Å². The van der Waals surface area contributed by atoms with Crippen molar-refractivity contribution in [3.63, 3.8) is 0 Å². The zero-order valence-corrected chi connectivity index (χ0v) is 26.0. The molecule has 0 radical (unpaired) electrons. The minimum absolute atomic E-state index is 0.124. The lowest BCUT2D eigenvalue weighted by Crippen LogP contribution is -2.67. The van der Waals surface area contributed by atoms with Crippen LogP contribution in [-0.4, -0.2) is 44.9 Å². The molecule has 1 amide bonds. The van der Waals surface area contributed by atoms with Crippen LogP contribution in [0, 0.1) is 17.3 Å². The van der Waals surface area contributed by atoms with E-state index >= 15 is 0 Å². The van der Waals surface area contributed by atoms with Crippen molar-refractivity contribution in [2.75, 3.05) is 19.8 Å². The SMILES string of the molecule is CCOC(=O)C1C(=O)N([C@@H](C)c2ccccc2)C[C@H]1C1(CO[Si](c2ccccc2)(c2ccccc2)C(C)(C)C)CC1. The van der Waals surface area contributed by atoms with Gasteiger partial charge in [-0.3, -0.25) is 9.59 Å². The molecule has 0 bridgehead atoms. The molecular formula is C35H43NO4Si. The Morgan fingerprint density at radius 1 is 0.927 bits per heavy atom. The Kier molecular flexibility index (Phi) is 8.26. The average Bonchev–Trinajstić information content (AvgIpc) is 3.68. The smallest absolute Gasteiger partial charge is 0.318 e. The monoisotopic (exact) mass is 569 g/mol. The van der Waals surface area contributed by atoms with Crippen molar-refractivity contribution in [2.24, 2.45) is 17.3 Å². The van der Waals surface area contributed by atoms with Crippen LogP contribution in [0.1, 0.15) is 59.1 Å². The quantitative estimate of drug-likeness (QED) is 0.177. The number of hydrogen-bond donors (Lipinski definition) is 0. The third kappa shape index (κ3) is 5.40. The van der Waals surface area contributed by atoms with Gasteiger partial charge in [0.15, 0.2) is 0 Å². The van der Waals surface area contributed by atoms with Crippen LogP contribution in [0.4, 0.5) is 0 Å². The van der Waals surface area contributed by atoms with Crippen molar-refractivity contribution in [3.05, 3.63) is 96.6 Å². The van der Waals surface area contributed by atoms with Gasteiger partial charge in [0.2, 0.25) is 5.91 Å². The van der Waals surface area contributed by atoms with E-state index in [0.29, 0.717) is 13.2 Å². The van der Waals surface area contributed by atoms with Crippen molar-refractivity contribution in [1.29, 1.82) is 0 Å². The van der Waals surface area contributed by atoms with Gasteiger partial charge in [-0.15, -0.1) is 0 Å². The molecule has 3 aromatic rings. The fourth-order valence-electron chi connectivity index (χ4n) is 6.86. The summed E-state index contributed by atoms with van der Waals surface area (Å²) in [5.41, 5.74) is 0.822. The number of esters is 1. The Morgan fingerprint density at radius 3 is 1.90 bits per heavy atom. The first kappa shape index (κ1) is 29.3. The molecule has 41 heavy (non-hydrogen) atoms. The molecule has 216 valence electrons. The first-order chi connectivity index (χ1) is 19.6. The molecule has 3 aromatic carbocycles. The lowest BCUT2D eigenvalue weighted by molar-refractivity contribution is -0.155. The zero-order chi connectivity index (χ0) is 29.3. The number of benzene rings is 3. The number of rotatable bonds is 10. The first-order valence-corrected chi connectivity index (χ1v) is 16.8. The standard InChI is InChI=1S/C35H43NO4Si/c1-6-39-33(38)31-30(24-36(32(31)37)26(2)27-16-10-7-11-17-27)35(22-23-35)25-40-41(34(3,4)5,28-18-12-8-13-19-28)29-20-14-9-15-21-29/h7-21,26,30-31H,6,22-25H2,1-5H3/t26-,30+,31?/m0/s1. The summed E-state index contributed by atoms with van der Waals surface area (Å²) in [6, 6.07) is 31.2. The number of carbonyl (C=O) groups is 2. The minimum atomic E-state index is -2.76. The Labute approximate surface area is 246 Å². The molecule has 1 saturated heterocycles. The Balaban J connectivity index is 1.50. The van der Waals surface area contributed by atoms with E-state index in [1.54, 1.807) is 6.92 Å². The van der Waals surface area contributed by atoms with Crippen molar-refractivity contribution in [1.82, 2.24) is 4.90 Å². The summed E-state index contributed by atoms with van der Waals surface area (Å²) in [7, 11) is -2.76. The Hall–Kier alpha value is -3.22. The van der Waals surface area contributed by atoms with E-state index in [1.165, 1.54) is 10.4 Å². The fraction of sp³-hybridized carbons (Fsp3) is 0.429. The highest BCUT2D eigenvalue weighted by Gasteiger charge is 2.62. The predicted octanol–water partition coefficient (Wildman–Crippen LogP) is 5.74. The summed E-state index contributed by atoms with van der Waals surface area (Å²) in [4.78, 5) is 29.2. The molecule has 6 heteroatoms. The van der Waals surface area contributed by atoms with Crippen LogP contribution in [0.2, 0.25) is 5.04 Å². The van der Waals surface area contributed by atoms with Crippen LogP contribution in [-0.2, 0) is 18.8 Å². The van der Waals surface area contributed by atoms with Gasteiger partial charge < -0.3 is 14.1 Å². The summed E-state index contributed by atoms with van der Waals surface area (Å²) in [6.45, 7) is 12.0. The first-order valence-electron chi connectivity index (χ1n) is 14.9. The van der Waals surface area contributed by atoms with Gasteiger partial charge in [0.25, 0.3) is 8.32 Å². The molecular weight excluding hydrogens is 526 g/mol. The highest BCUT2D eigenvalue weighted by molar-refractivity contribution is 6.99. The number of carbonyl (C=O) groups excluding carboxylic acids is 2. The van der Waals surface area contributed by atoms with E-state index in [1.807, 2.05) is 35.2 Å². The molecule has 3 atom stereocenters. The summed E-state index contributed by atoms with van der Waals surface area (Å²) < 4.78 is 12.9. The van der Waals surface area contributed by atoms with Gasteiger partial charge in [0, 0.05) is 19.1 Å². The average molecular weight is 570 g/mol. The van der Waals surface area contributed by atoms with Gasteiger partial charge in [0.1, 0.15) is 5.92 Å². The summed E-state index contributed by atoms with van der Waals surface area (Å²) in [5.74, 6) is -1.48. The zero-order valence-electron chi connectivity index (χ0n) is 25.0. The minimum Gasteiger partial charge on any atom is -0.465 e. The largest absolute Gasteiger partial charge is 0.465 e. The Bertz CT molecular complexity index is 1300. The molecule has 5 rings (SSSR count). The molecule has 1 saturated carbocycles. The summed E-state index contributed by atoms with van der Waals surface area (Å²) in [6.07, 6.45) is 1.87. The number of nitrogens with zero attached hydrogens (tertiary/aromatic N) is 1. The lowest BCUT2D eigenvalue weighted by atomic mass is 9.81. The lowest BCUT2D eigenvalue weighted by Gasteiger charge is -2.44. The molecule has 1 unspecified atom stereocenters. The van der Waals surface area contributed by atoms with Crippen molar-refractivity contribution in [2.45, 2.75) is 58.5 Å². The second-order valence-corrected chi connectivity index (χ2v) is 17.0. The van der Waals surface area contributed by atoms with Gasteiger partial charge in [-0.2, -0.15) is 0 Å². The maximum Gasteiger partial charge on any atom is 0.318 e. The van der Waals surface area contributed by atoms with E-state index in [4.69, 9.17) is 9.16 Å². The maximum atomic E-state index is 13.9.